The maximum Gasteiger partial charge on any atom is 0.236 e. The van der Waals surface area contributed by atoms with Crippen molar-refractivity contribution >= 4 is 21.8 Å². The van der Waals surface area contributed by atoms with Crippen molar-refractivity contribution in [3.05, 3.63) is 0 Å². The third-order valence-corrected chi connectivity index (χ3v) is 4.41. The summed E-state index contributed by atoms with van der Waals surface area (Å²) in [7, 11) is 0. The minimum absolute atomic E-state index is 0.0891. The molecule has 2 unspecified atom stereocenters. The second-order valence-corrected chi connectivity index (χ2v) is 6.45. The van der Waals surface area contributed by atoms with Crippen molar-refractivity contribution in [3.8, 4) is 0 Å². The molecule has 2 nitrogen and oxygen atoms in total. The largest absolute Gasteiger partial charge is 0.339 e. The molecule has 0 bridgehead atoms. The summed E-state index contributed by atoms with van der Waals surface area (Å²) >= 11 is 3.43. The highest BCUT2D eigenvalue weighted by Crippen LogP contribution is 2.40. The zero-order valence-electron chi connectivity index (χ0n) is 8.92. The van der Waals surface area contributed by atoms with Crippen LogP contribution in [0.1, 0.15) is 39.5 Å². The fraction of sp³-hybridized carbons (Fsp3) is 0.909. The standard InChI is InChI=1S/C11H18BrNO/c1-11(2)5-3-8(7-11)13-6-4-9(12)10(13)14/h8-9H,3-7H2,1-2H3. The lowest BCUT2D eigenvalue weighted by molar-refractivity contribution is -0.129. The molecule has 80 valence electrons. The van der Waals surface area contributed by atoms with Gasteiger partial charge in [0.05, 0.1) is 4.83 Å². The van der Waals surface area contributed by atoms with Crippen LogP contribution in [-0.2, 0) is 4.79 Å². The van der Waals surface area contributed by atoms with E-state index in [0.29, 0.717) is 17.4 Å². The highest BCUT2D eigenvalue weighted by Gasteiger charge is 2.40. The van der Waals surface area contributed by atoms with Crippen molar-refractivity contribution in [2.75, 3.05) is 6.54 Å². The Morgan fingerprint density at radius 1 is 1.43 bits per heavy atom. The number of halogens is 1. The molecule has 0 radical (unpaired) electrons. The summed E-state index contributed by atoms with van der Waals surface area (Å²) in [6.45, 7) is 5.56. The number of carbonyl (C=O) groups excluding carboxylic acids is 1. The average Bonchev–Trinajstić information content (AvgIpc) is 2.59. The van der Waals surface area contributed by atoms with E-state index in [1.165, 1.54) is 19.3 Å². The first kappa shape index (κ1) is 10.5. The van der Waals surface area contributed by atoms with Gasteiger partial charge in [0.1, 0.15) is 0 Å². The van der Waals surface area contributed by atoms with Gasteiger partial charge in [-0.3, -0.25) is 4.79 Å². The van der Waals surface area contributed by atoms with Crippen LogP contribution in [0.5, 0.6) is 0 Å². The van der Waals surface area contributed by atoms with E-state index < -0.39 is 0 Å². The van der Waals surface area contributed by atoms with Crippen LogP contribution in [0, 0.1) is 5.41 Å². The van der Waals surface area contributed by atoms with Gasteiger partial charge in [-0.15, -0.1) is 0 Å². The van der Waals surface area contributed by atoms with Gasteiger partial charge in [0.15, 0.2) is 0 Å². The summed E-state index contributed by atoms with van der Waals surface area (Å²) < 4.78 is 0. The molecule has 1 aliphatic carbocycles. The average molecular weight is 260 g/mol. The molecule has 0 spiro atoms. The van der Waals surface area contributed by atoms with Gasteiger partial charge in [0, 0.05) is 12.6 Å². The minimum Gasteiger partial charge on any atom is -0.339 e. The van der Waals surface area contributed by atoms with Gasteiger partial charge in [0.25, 0.3) is 0 Å². The van der Waals surface area contributed by atoms with Gasteiger partial charge in [-0.2, -0.15) is 0 Å². The van der Waals surface area contributed by atoms with E-state index in [1.54, 1.807) is 0 Å². The Kier molecular flexibility index (Phi) is 2.63. The highest BCUT2D eigenvalue weighted by atomic mass is 79.9. The summed E-state index contributed by atoms with van der Waals surface area (Å²) in [6, 6.07) is 0.514. The van der Waals surface area contributed by atoms with E-state index in [-0.39, 0.29) is 4.83 Å². The van der Waals surface area contributed by atoms with Crippen molar-refractivity contribution in [1.82, 2.24) is 4.90 Å². The second-order valence-electron chi connectivity index (χ2n) is 5.35. The lowest BCUT2D eigenvalue weighted by Gasteiger charge is -2.25. The summed E-state index contributed by atoms with van der Waals surface area (Å²) in [4.78, 5) is 14.0. The molecule has 0 aromatic carbocycles. The number of alkyl halides is 1. The normalized spacial score (nSPS) is 36.8. The predicted octanol–water partition coefficient (Wildman–Crippen LogP) is 2.56. The predicted molar refractivity (Wildman–Crippen MR) is 60.5 cm³/mol. The van der Waals surface area contributed by atoms with Crippen LogP contribution < -0.4 is 0 Å². The number of rotatable bonds is 1. The van der Waals surface area contributed by atoms with E-state index in [9.17, 15) is 4.79 Å². The smallest absolute Gasteiger partial charge is 0.236 e. The van der Waals surface area contributed by atoms with Gasteiger partial charge < -0.3 is 4.90 Å². The van der Waals surface area contributed by atoms with E-state index in [2.05, 4.69) is 34.7 Å². The third-order valence-electron chi connectivity index (χ3n) is 3.56. The van der Waals surface area contributed by atoms with Crippen LogP contribution in [0.3, 0.4) is 0 Å². The molecule has 0 aromatic rings. The molecular weight excluding hydrogens is 242 g/mol. The van der Waals surface area contributed by atoms with Crippen molar-refractivity contribution in [2.24, 2.45) is 5.41 Å². The fourth-order valence-electron chi connectivity index (χ4n) is 2.69. The molecule has 0 N–H and O–H groups in total. The zero-order valence-corrected chi connectivity index (χ0v) is 10.5. The second kappa shape index (κ2) is 3.51. The number of likely N-dealkylation sites (tertiary alicyclic amines) is 1. The monoisotopic (exact) mass is 259 g/mol. The van der Waals surface area contributed by atoms with Gasteiger partial charge in [-0.1, -0.05) is 29.8 Å². The van der Waals surface area contributed by atoms with Crippen molar-refractivity contribution in [2.45, 2.75) is 50.4 Å². The molecule has 0 aromatic heterocycles. The van der Waals surface area contributed by atoms with Crippen LogP contribution in [0.4, 0.5) is 0 Å². The van der Waals surface area contributed by atoms with Crippen molar-refractivity contribution in [3.63, 3.8) is 0 Å². The quantitative estimate of drug-likeness (QED) is 0.663. The molecule has 2 aliphatic rings. The Bertz CT molecular complexity index is 252. The number of carbonyl (C=O) groups is 1. The topological polar surface area (TPSA) is 20.3 Å². The van der Waals surface area contributed by atoms with Crippen molar-refractivity contribution in [1.29, 1.82) is 0 Å². The summed E-state index contributed by atoms with van der Waals surface area (Å²) in [5, 5.41) is 0. The SMILES string of the molecule is CC1(C)CCC(N2CCC(Br)C2=O)C1. The first-order valence-electron chi connectivity index (χ1n) is 5.44. The fourth-order valence-corrected chi connectivity index (χ4v) is 3.16. The van der Waals surface area contributed by atoms with E-state index in [1.807, 2.05) is 0 Å². The van der Waals surface area contributed by atoms with Crippen LogP contribution in [-0.4, -0.2) is 28.2 Å². The van der Waals surface area contributed by atoms with E-state index in [0.717, 1.165) is 13.0 Å². The van der Waals surface area contributed by atoms with Crippen LogP contribution in [0.15, 0.2) is 0 Å². The summed E-state index contributed by atoms with van der Waals surface area (Å²) in [5.41, 5.74) is 0.440. The van der Waals surface area contributed by atoms with E-state index in [4.69, 9.17) is 0 Å². The molecular formula is C11H18BrNO. The highest BCUT2D eigenvalue weighted by molar-refractivity contribution is 9.10. The number of hydrogen-bond donors (Lipinski definition) is 0. The third kappa shape index (κ3) is 1.83. The molecule has 2 atom stereocenters. The van der Waals surface area contributed by atoms with Crippen LogP contribution in [0.25, 0.3) is 0 Å². The van der Waals surface area contributed by atoms with Crippen LogP contribution >= 0.6 is 15.9 Å². The number of amides is 1. The molecule has 3 heteroatoms. The summed E-state index contributed by atoms with van der Waals surface area (Å²) in [5.74, 6) is 0.313. The Morgan fingerprint density at radius 3 is 2.57 bits per heavy atom. The molecule has 14 heavy (non-hydrogen) atoms. The molecule has 1 amide bonds. The molecule has 1 saturated heterocycles. The molecule has 1 heterocycles. The number of nitrogens with zero attached hydrogens (tertiary/aromatic N) is 1. The first-order valence-corrected chi connectivity index (χ1v) is 6.36. The molecule has 2 rings (SSSR count). The van der Waals surface area contributed by atoms with Crippen LogP contribution in [0.2, 0.25) is 0 Å². The molecule has 1 saturated carbocycles. The maximum atomic E-state index is 11.8. The van der Waals surface area contributed by atoms with Gasteiger partial charge >= 0.3 is 0 Å². The number of hydrogen-bond acceptors (Lipinski definition) is 1. The lowest BCUT2D eigenvalue weighted by Crippen LogP contribution is -2.36. The molecule has 1 aliphatic heterocycles. The Morgan fingerprint density at radius 2 is 2.14 bits per heavy atom. The maximum absolute atomic E-state index is 11.8. The minimum atomic E-state index is 0.0891. The molecule has 2 fully saturated rings. The first-order chi connectivity index (χ1) is 6.49. The zero-order chi connectivity index (χ0) is 10.3. The van der Waals surface area contributed by atoms with Gasteiger partial charge in [-0.25, -0.2) is 0 Å². The van der Waals surface area contributed by atoms with Crippen molar-refractivity contribution < 1.29 is 4.79 Å². The Balaban J connectivity index is 2.01. The van der Waals surface area contributed by atoms with Gasteiger partial charge in [0.2, 0.25) is 5.91 Å². The van der Waals surface area contributed by atoms with Gasteiger partial charge in [-0.05, 0) is 31.1 Å². The Hall–Kier alpha value is -0.0500. The summed E-state index contributed by atoms with van der Waals surface area (Å²) in [6.07, 6.45) is 4.61. The van der Waals surface area contributed by atoms with E-state index >= 15 is 0 Å². The lowest BCUT2D eigenvalue weighted by atomic mass is 9.91. The Labute approximate surface area is 94.2 Å².